The summed E-state index contributed by atoms with van der Waals surface area (Å²) < 4.78 is 11.4. The average Bonchev–Trinajstić information content (AvgIpc) is 2.79. The molecule has 8 heteroatoms. The molecule has 0 radical (unpaired) electrons. The van der Waals surface area contributed by atoms with Crippen LogP contribution in [0.1, 0.15) is 18.1 Å². The lowest BCUT2D eigenvalue weighted by Gasteiger charge is -2.34. The average molecular weight is 435 g/mol. The number of anilines is 1. The molecule has 2 aromatic carbocycles. The number of benzene rings is 2. The fraction of sp³-hybridized carbons (Fsp3) is 0.130. The molecule has 158 valence electrons. The lowest BCUT2D eigenvalue weighted by molar-refractivity contribution is 0.136. The van der Waals surface area contributed by atoms with Crippen molar-refractivity contribution < 1.29 is 14.6 Å². The van der Waals surface area contributed by atoms with Crippen molar-refractivity contribution in [1.82, 2.24) is 15.8 Å². The van der Waals surface area contributed by atoms with Crippen LogP contribution in [0.3, 0.4) is 0 Å². The summed E-state index contributed by atoms with van der Waals surface area (Å²) in [5, 5.41) is 13.5. The Bertz CT molecular complexity index is 1120. The van der Waals surface area contributed by atoms with Crippen LogP contribution >= 0.6 is 12.2 Å². The van der Waals surface area contributed by atoms with Crippen LogP contribution in [0.2, 0.25) is 0 Å². The first-order valence-corrected chi connectivity index (χ1v) is 10.0. The Morgan fingerprint density at radius 1 is 1.16 bits per heavy atom. The van der Waals surface area contributed by atoms with Crippen LogP contribution in [0.25, 0.3) is 5.70 Å². The number of rotatable bonds is 5. The van der Waals surface area contributed by atoms with Gasteiger partial charge in [0.15, 0.2) is 10.7 Å². The largest absolute Gasteiger partial charge is 0.508 e. The Labute approximate surface area is 185 Å². The third kappa shape index (κ3) is 4.54. The molecule has 0 spiro atoms. The number of aromatic hydroxyl groups is 1. The SMILES string of the molecule is COc1ccc(NC(=S)NNC2=CC(C)(c3cccnc3)Oc3ccc(O)cc32)cc1. The molecule has 0 fully saturated rings. The van der Waals surface area contributed by atoms with Crippen LogP contribution in [-0.2, 0) is 5.60 Å². The molecule has 2 heterocycles. The molecule has 1 unspecified atom stereocenters. The zero-order valence-corrected chi connectivity index (χ0v) is 17.9. The summed E-state index contributed by atoms with van der Waals surface area (Å²) in [5.74, 6) is 1.53. The standard InChI is InChI=1S/C23H22N4O3S/c1-23(15-4-3-11-24-14-15)13-20(19-12-17(28)7-10-21(19)30-23)26-27-22(31)25-16-5-8-18(29-2)9-6-16/h3-14,26,28H,1-2H3,(H2,25,27,31). The van der Waals surface area contributed by atoms with Crippen molar-refractivity contribution in [2.75, 3.05) is 12.4 Å². The maximum Gasteiger partial charge on any atom is 0.189 e. The zero-order chi connectivity index (χ0) is 21.8. The van der Waals surface area contributed by atoms with Gasteiger partial charge in [-0.1, -0.05) is 6.07 Å². The molecule has 31 heavy (non-hydrogen) atoms. The first-order valence-electron chi connectivity index (χ1n) is 9.60. The second-order valence-electron chi connectivity index (χ2n) is 7.12. The van der Waals surface area contributed by atoms with Crippen LogP contribution in [0, 0.1) is 0 Å². The number of nitrogens with one attached hydrogen (secondary N) is 3. The number of hydrogen-bond acceptors (Lipinski definition) is 6. The summed E-state index contributed by atoms with van der Waals surface area (Å²) in [6.07, 6.45) is 5.41. The predicted molar refractivity (Wildman–Crippen MR) is 124 cm³/mol. The Kier molecular flexibility index (Phi) is 5.64. The van der Waals surface area contributed by atoms with E-state index in [4.69, 9.17) is 21.7 Å². The second-order valence-corrected chi connectivity index (χ2v) is 7.53. The first kappa shape index (κ1) is 20.5. The zero-order valence-electron chi connectivity index (χ0n) is 17.0. The Hall–Kier alpha value is -3.78. The van der Waals surface area contributed by atoms with Crippen LogP contribution in [0.4, 0.5) is 5.69 Å². The lowest BCUT2D eigenvalue weighted by Crippen LogP contribution is -2.41. The van der Waals surface area contributed by atoms with E-state index >= 15 is 0 Å². The molecule has 0 bridgehead atoms. The molecule has 1 atom stereocenters. The van der Waals surface area contributed by atoms with Gasteiger partial charge in [0.05, 0.1) is 12.8 Å². The van der Waals surface area contributed by atoms with E-state index < -0.39 is 5.60 Å². The number of fused-ring (bicyclic) bond motifs is 1. The van der Waals surface area contributed by atoms with Gasteiger partial charge in [0.2, 0.25) is 0 Å². The fourth-order valence-corrected chi connectivity index (χ4v) is 3.46. The van der Waals surface area contributed by atoms with Gasteiger partial charge in [0.1, 0.15) is 17.2 Å². The van der Waals surface area contributed by atoms with E-state index in [2.05, 4.69) is 21.2 Å². The molecule has 0 aliphatic carbocycles. The third-order valence-electron chi connectivity index (χ3n) is 4.89. The first-order chi connectivity index (χ1) is 15.0. The highest BCUT2D eigenvalue weighted by Gasteiger charge is 2.33. The van der Waals surface area contributed by atoms with E-state index in [0.29, 0.717) is 22.1 Å². The molecule has 1 aliphatic rings. The van der Waals surface area contributed by atoms with Gasteiger partial charge in [-0.25, -0.2) is 0 Å². The minimum Gasteiger partial charge on any atom is -0.508 e. The summed E-state index contributed by atoms with van der Waals surface area (Å²) >= 11 is 5.41. The maximum absolute atomic E-state index is 9.98. The molecule has 0 saturated carbocycles. The minimum atomic E-state index is -0.757. The molecule has 3 aromatic rings. The summed E-state index contributed by atoms with van der Waals surface area (Å²) in [5.41, 5.74) is 8.52. The number of hydrogen-bond donors (Lipinski definition) is 4. The van der Waals surface area contributed by atoms with Gasteiger partial charge >= 0.3 is 0 Å². The summed E-state index contributed by atoms with van der Waals surface area (Å²) in [4.78, 5) is 4.21. The highest BCUT2D eigenvalue weighted by atomic mass is 32.1. The van der Waals surface area contributed by atoms with Crippen LogP contribution in [0.15, 0.2) is 73.1 Å². The smallest absolute Gasteiger partial charge is 0.189 e. The Balaban J connectivity index is 1.55. The van der Waals surface area contributed by atoms with Gasteiger partial charge in [-0.3, -0.25) is 15.8 Å². The molecule has 1 aromatic heterocycles. The molecule has 4 rings (SSSR count). The van der Waals surface area contributed by atoms with Crippen LogP contribution < -0.4 is 25.6 Å². The molecule has 7 nitrogen and oxygen atoms in total. The van der Waals surface area contributed by atoms with E-state index in [9.17, 15) is 5.11 Å². The lowest BCUT2D eigenvalue weighted by atomic mass is 9.91. The fourth-order valence-electron chi connectivity index (χ4n) is 3.29. The summed E-state index contributed by atoms with van der Waals surface area (Å²) in [7, 11) is 1.62. The number of phenols is 1. The number of thiocarbonyl (C=S) groups is 1. The van der Waals surface area contributed by atoms with E-state index in [1.807, 2.05) is 49.4 Å². The van der Waals surface area contributed by atoms with Gasteiger partial charge in [-0.2, -0.15) is 0 Å². The van der Waals surface area contributed by atoms with Gasteiger partial charge in [-0.15, -0.1) is 0 Å². The van der Waals surface area contributed by atoms with Crippen molar-refractivity contribution >= 4 is 28.7 Å². The summed E-state index contributed by atoms with van der Waals surface area (Å²) in [6.45, 7) is 1.95. The highest BCUT2D eigenvalue weighted by Crippen LogP contribution is 2.40. The van der Waals surface area contributed by atoms with E-state index in [-0.39, 0.29) is 5.75 Å². The minimum absolute atomic E-state index is 0.138. The number of pyridine rings is 1. The van der Waals surface area contributed by atoms with Gasteiger partial charge < -0.3 is 19.9 Å². The molecule has 1 aliphatic heterocycles. The van der Waals surface area contributed by atoms with Crippen molar-refractivity contribution in [2.24, 2.45) is 0 Å². The molecular weight excluding hydrogens is 412 g/mol. The van der Waals surface area contributed by atoms with Crippen molar-refractivity contribution in [3.05, 3.63) is 84.2 Å². The summed E-state index contributed by atoms with van der Waals surface area (Å²) in [6, 6.07) is 16.2. The number of ether oxygens (including phenoxy) is 2. The van der Waals surface area contributed by atoms with Gasteiger partial charge in [0.25, 0.3) is 0 Å². The number of aromatic nitrogens is 1. The number of phenolic OH excluding ortho intramolecular Hbond substituents is 1. The van der Waals surface area contributed by atoms with Gasteiger partial charge in [-0.05, 0) is 73.7 Å². The maximum atomic E-state index is 9.98. The normalized spacial score (nSPS) is 16.9. The van der Waals surface area contributed by atoms with Crippen LogP contribution in [0.5, 0.6) is 17.2 Å². The van der Waals surface area contributed by atoms with Crippen molar-refractivity contribution in [3.63, 3.8) is 0 Å². The van der Waals surface area contributed by atoms with E-state index in [0.717, 1.165) is 17.0 Å². The quantitative estimate of drug-likeness (QED) is 0.355. The van der Waals surface area contributed by atoms with Crippen molar-refractivity contribution in [3.8, 4) is 17.2 Å². The number of methoxy groups -OCH3 is 1. The molecular formula is C23H22N4O3S. The second kappa shape index (κ2) is 8.53. The third-order valence-corrected chi connectivity index (χ3v) is 5.09. The highest BCUT2D eigenvalue weighted by molar-refractivity contribution is 7.80. The monoisotopic (exact) mass is 434 g/mol. The van der Waals surface area contributed by atoms with E-state index in [1.54, 1.807) is 37.7 Å². The van der Waals surface area contributed by atoms with Crippen molar-refractivity contribution in [1.29, 1.82) is 0 Å². The van der Waals surface area contributed by atoms with E-state index in [1.165, 1.54) is 0 Å². The number of nitrogens with zero attached hydrogens (tertiary/aromatic N) is 1. The molecule has 0 amide bonds. The topological polar surface area (TPSA) is 87.7 Å². The number of hydrazine groups is 1. The van der Waals surface area contributed by atoms with Crippen molar-refractivity contribution in [2.45, 2.75) is 12.5 Å². The Morgan fingerprint density at radius 3 is 2.68 bits per heavy atom. The Morgan fingerprint density at radius 2 is 1.97 bits per heavy atom. The van der Waals surface area contributed by atoms with Gasteiger partial charge in [0, 0.05) is 29.2 Å². The molecule has 0 saturated heterocycles. The molecule has 4 N–H and O–H groups in total. The predicted octanol–water partition coefficient (Wildman–Crippen LogP) is 3.94. The van der Waals surface area contributed by atoms with Crippen LogP contribution in [-0.4, -0.2) is 22.3 Å².